The first-order valence-corrected chi connectivity index (χ1v) is 7.61. The largest absolute Gasteiger partial charge is 0.336 e. The molecule has 1 aliphatic heterocycles. The summed E-state index contributed by atoms with van der Waals surface area (Å²) in [6.07, 6.45) is 0. The van der Waals surface area contributed by atoms with Gasteiger partial charge in [-0.25, -0.2) is 4.79 Å². The fourth-order valence-electron chi connectivity index (χ4n) is 1.59. The summed E-state index contributed by atoms with van der Waals surface area (Å²) in [4.78, 5) is 35.4. The first-order valence-electron chi connectivity index (χ1n) is 5.84. The average Bonchev–Trinajstić information content (AvgIpc) is 2.73. The van der Waals surface area contributed by atoms with Gasteiger partial charge in [-0.05, 0) is 24.3 Å². The number of thioether (sulfide) groups is 1. The summed E-state index contributed by atoms with van der Waals surface area (Å²) in [5.74, 6) is -0.0284. The number of anilines is 1. The van der Waals surface area contributed by atoms with Crippen LogP contribution in [-0.4, -0.2) is 40.9 Å². The van der Waals surface area contributed by atoms with Gasteiger partial charge in [-0.3, -0.25) is 14.5 Å². The van der Waals surface area contributed by atoms with Crippen molar-refractivity contribution in [3.05, 3.63) is 28.7 Å². The zero-order valence-corrected chi connectivity index (χ0v) is 12.8. The smallest absolute Gasteiger partial charge is 0.319 e. The summed E-state index contributed by atoms with van der Waals surface area (Å²) in [5, 5.41) is 4.99. The number of amides is 4. The Morgan fingerprint density at radius 3 is 2.60 bits per heavy atom. The van der Waals surface area contributed by atoms with E-state index in [4.69, 9.17) is 0 Å². The first-order chi connectivity index (χ1) is 9.56. The third-order valence-electron chi connectivity index (χ3n) is 2.56. The summed E-state index contributed by atoms with van der Waals surface area (Å²) in [7, 11) is 0. The van der Waals surface area contributed by atoms with Crippen LogP contribution in [0.5, 0.6) is 0 Å². The van der Waals surface area contributed by atoms with Crippen LogP contribution in [0.1, 0.15) is 0 Å². The van der Waals surface area contributed by atoms with Crippen LogP contribution in [0.4, 0.5) is 15.3 Å². The molecule has 0 radical (unpaired) electrons. The Morgan fingerprint density at radius 1 is 1.30 bits per heavy atom. The van der Waals surface area contributed by atoms with E-state index in [1.54, 1.807) is 12.1 Å². The highest BCUT2D eigenvalue weighted by molar-refractivity contribution is 9.10. The summed E-state index contributed by atoms with van der Waals surface area (Å²) in [6.45, 7) is 0.416. The SMILES string of the molecule is O=C(NCCN1C(=O)CSC1=O)Nc1ccc(Br)cc1. The monoisotopic (exact) mass is 357 g/mol. The average molecular weight is 358 g/mol. The molecule has 0 unspecified atom stereocenters. The predicted octanol–water partition coefficient (Wildman–Crippen LogP) is 2.27. The molecule has 1 saturated heterocycles. The molecule has 0 aliphatic carbocycles. The number of halogens is 1. The highest BCUT2D eigenvalue weighted by Crippen LogP contribution is 2.17. The van der Waals surface area contributed by atoms with E-state index in [1.807, 2.05) is 12.1 Å². The Morgan fingerprint density at radius 2 is 2.00 bits per heavy atom. The zero-order valence-electron chi connectivity index (χ0n) is 10.4. The van der Waals surface area contributed by atoms with Gasteiger partial charge >= 0.3 is 6.03 Å². The lowest BCUT2D eigenvalue weighted by Gasteiger charge is -2.13. The van der Waals surface area contributed by atoms with Crippen LogP contribution in [0, 0.1) is 0 Å². The second-order valence-electron chi connectivity index (χ2n) is 3.99. The summed E-state index contributed by atoms with van der Waals surface area (Å²) in [5.41, 5.74) is 0.662. The molecule has 1 aliphatic rings. The van der Waals surface area contributed by atoms with E-state index in [0.717, 1.165) is 21.1 Å². The summed E-state index contributed by atoms with van der Waals surface area (Å²) >= 11 is 4.28. The number of hydrogen-bond acceptors (Lipinski definition) is 4. The number of urea groups is 1. The predicted molar refractivity (Wildman–Crippen MR) is 80.7 cm³/mol. The standard InChI is InChI=1S/C12H12BrN3O3S/c13-8-1-3-9(4-2-8)15-11(18)14-5-6-16-10(17)7-20-12(16)19/h1-4H,5-7H2,(H2,14,15,18). The van der Waals surface area contributed by atoms with Crippen molar-refractivity contribution >= 4 is 50.6 Å². The molecular formula is C12H12BrN3O3S. The Balaban J connectivity index is 1.74. The van der Waals surface area contributed by atoms with E-state index >= 15 is 0 Å². The lowest BCUT2D eigenvalue weighted by atomic mass is 10.3. The fourth-order valence-corrected chi connectivity index (χ4v) is 2.60. The van der Waals surface area contributed by atoms with Crippen LogP contribution in [0.3, 0.4) is 0 Å². The third-order valence-corrected chi connectivity index (χ3v) is 3.95. The molecule has 0 bridgehead atoms. The van der Waals surface area contributed by atoms with Gasteiger partial charge in [-0.1, -0.05) is 27.7 Å². The van der Waals surface area contributed by atoms with Crippen molar-refractivity contribution in [2.45, 2.75) is 0 Å². The minimum absolute atomic E-state index is 0.184. The molecule has 8 heteroatoms. The van der Waals surface area contributed by atoms with Crippen LogP contribution < -0.4 is 10.6 Å². The molecule has 106 valence electrons. The second-order valence-corrected chi connectivity index (χ2v) is 5.83. The van der Waals surface area contributed by atoms with Crippen LogP contribution in [0.15, 0.2) is 28.7 Å². The maximum Gasteiger partial charge on any atom is 0.319 e. The Kier molecular flexibility index (Phi) is 5.02. The van der Waals surface area contributed by atoms with Gasteiger partial charge in [-0.15, -0.1) is 0 Å². The highest BCUT2D eigenvalue weighted by Gasteiger charge is 2.29. The minimum Gasteiger partial charge on any atom is -0.336 e. The fraction of sp³-hybridized carbons (Fsp3) is 0.250. The molecule has 0 spiro atoms. The van der Waals surface area contributed by atoms with E-state index in [0.29, 0.717) is 5.69 Å². The van der Waals surface area contributed by atoms with Crippen LogP contribution in [0.2, 0.25) is 0 Å². The number of carbonyl (C=O) groups excluding carboxylic acids is 3. The number of benzene rings is 1. The number of carbonyl (C=O) groups is 3. The van der Waals surface area contributed by atoms with Crippen molar-refractivity contribution in [1.82, 2.24) is 10.2 Å². The molecule has 1 aromatic carbocycles. The molecule has 0 saturated carbocycles. The van der Waals surface area contributed by atoms with Crippen LogP contribution >= 0.6 is 27.7 Å². The summed E-state index contributed by atoms with van der Waals surface area (Å²) in [6, 6.07) is 6.77. The molecule has 2 N–H and O–H groups in total. The van der Waals surface area contributed by atoms with Gasteiger partial charge in [0.25, 0.3) is 5.24 Å². The maximum atomic E-state index is 11.6. The quantitative estimate of drug-likeness (QED) is 0.866. The van der Waals surface area contributed by atoms with Crippen molar-refractivity contribution in [2.75, 3.05) is 24.2 Å². The number of nitrogens with one attached hydrogen (secondary N) is 2. The second kappa shape index (κ2) is 6.76. The van der Waals surface area contributed by atoms with Crippen LogP contribution in [-0.2, 0) is 4.79 Å². The first kappa shape index (κ1) is 14.9. The molecule has 2 rings (SSSR count). The topological polar surface area (TPSA) is 78.5 Å². The Bertz CT molecular complexity index is 519. The number of hydrogen-bond donors (Lipinski definition) is 2. The molecule has 4 amide bonds. The van der Waals surface area contributed by atoms with E-state index in [-0.39, 0.29) is 36.0 Å². The lowest BCUT2D eigenvalue weighted by molar-refractivity contribution is -0.124. The molecule has 1 heterocycles. The van der Waals surface area contributed by atoms with Crippen molar-refractivity contribution in [3.8, 4) is 0 Å². The molecule has 0 aromatic heterocycles. The molecule has 0 atom stereocenters. The van der Waals surface area contributed by atoms with E-state index in [1.165, 1.54) is 0 Å². The van der Waals surface area contributed by atoms with Crippen molar-refractivity contribution < 1.29 is 14.4 Å². The molecule has 1 aromatic rings. The molecular weight excluding hydrogens is 346 g/mol. The van der Waals surface area contributed by atoms with E-state index in [2.05, 4.69) is 26.6 Å². The number of rotatable bonds is 4. The zero-order chi connectivity index (χ0) is 14.5. The van der Waals surface area contributed by atoms with Gasteiger partial charge in [0.15, 0.2) is 0 Å². The number of nitrogens with zero attached hydrogens (tertiary/aromatic N) is 1. The van der Waals surface area contributed by atoms with E-state index < -0.39 is 0 Å². The third kappa shape index (κ3) is 3.97. The minimum atomic E-state index is -0.376. The van der Waals surface area contributed by atoms with Gasteiger partial charge in [0, 0.05) is 23.2 Å². The van der Waals surface area contributed by atoms with Gasteiger partial charge in [0.05, 0.1) is 5.75 Å². The van der Waals surface area contributed by atoms with E-state index in [9.17, 15) is 14.4 Å². The summed E-state index contributed by atoms with van der Waals surface area (Å²) < 4.78 is 0.923. The highest BCUT2D eigenvalue weighted by atomic mass is 79.9. The normalized spacial score (nSPS) is 14.6. The maximum absolute atomic E-state index is 11.6. The molecule has 6 nitrogen and oxygen atoms in total. The van der Waals surface area contributed by atoms with Crippen molar-refractivity contribution in [2.24, 2.45) is 0 Å². The van der Waals surface area contributed by atoms with Crippen molar-refractivity contribution in [1.29, 1.82) is 0 Å². The lowest BCUT2D eigenvalue weighted by Crippen LogP contribution is -2.38. The number of imide groups is 1. The molecule has 1 fully saturated rings. The van der Waals surface area contributed by atoms with Gasteiger partial charge in [-0.2, -0.15) is 0 Å². The molecule has 20 heavy (non-hydrogen) atoms. The van der Waals surface area contributed by atoms with Crippen molar-refractivity contribution in [3.63, 3.8) is 0 Å². The van der Waals surface area contributed by atoms with Crippen LogP contribution in [0.25, 0.3) is 0 Å². The Hall–Kier alpha value is -1.54. The van der Waals surface area contributed by atoms with Gasteiger partial charge < -0.3 is 10.6 Å². The van der Waals surface area contributed by atoms with Gasteiger partial charge in [0.2, 0.25) is 5.91 Å². The van der Waals surface area contributed by atoms with Gasteiger partial charge in [0.1, 0.15) is 0 Å². The Labute approximate surface area is 128 Å².